The van der Waals surface area contributed by atoms with E-state index >= 15 is 0 Å². The van der Waals surface area contributed by atoms with Crippen LogP contribution in [0.5, 0.6) is 5.75 Å². The van der Waals surface area contributed by atoms with Gasteiger partial charge in [0.15, 0.2) is 4.80 Å². The van der Waals surface area contributed by atoms with E-state index in [-0.39, 0.29) is 11.5 Å². The van der Waals surface area contributed by atoms with Crippen LogP contribution in [0.4, 0.5) is 11.4 Å². The van der Waals surface area contributed by atoms with Gasteiger partial charge in [-0.05, 0) is 50.2 Å². The van der Waals surface area contributed by atoms with Crippen LogP contribution in [0.1, 0.15) is 18.1 Å². The third kappa shape index (κ3) is 3.00. The predicted octanol–water partition coefficient (Wildman–Crippen LogP) is 1.82. The van der Waals surface area contributed by atoms with E-state index in [1.165, 1.54) is 11.3 Å². The average Bonchev–Trinajstić information content (AvgIpc) is 3.24. The fourth-order valence-electron chi connectivity index (χ4n) is 3.75. The lowest BCUT2D eigenvalue weighted by atomic mass is 10.1. The predicted molar refractivity (Wildman–Crippen MR) is 117 cm³/mol. The van der Waals surface area contributed by atoms with E-state index in [9.17, 15) is 9.59 Å². The lowest BCUT2D eigenvalue weighted by Crippen LogP contribution is -2.43. The Labute approximate surface area is 176 Å². The van der Waals surface area contributed by atoms with Crippen LogP contribution in [0, 0.1) is 6.92 Å². The monoisotopic (exact) mass is 420 g/mol. The fraction of sp³-hybridized carbons (Fsp3) is 0.227. The first-order chi connectivity index (χ1) is 14.5. The molecule has 0 bridgehead atoms. The Kier molecular flexibility index (Phi) is 4.43. The van der Waals surface area contributed by atoms with E-state index in [0.29, 0.717) is 34.9 Å². The molecule has 0 radical (unpaired) electrons. The number of hydrogen-bond acceptors (Lipinski definition) is 6. The molecule has 0 saturated carbocycles. The maximum atomic E-state index is 13.2. The fourth-order valence-corrected chi connectivity index (χ4v) is 4.81. The van der Waals surface area contributed by atoms with Gasteiger partial charge in [0, 0.05) is 16.9 Å². The van der Waals surface area contributed by atoms with Gasteiger partial charge in [-0.1, -0.05) is 23.0 Å². The Balaban J connectivity index is 1.56. The molecule has 0 atom stereocenters. The minimum atomic E-state index is -0.240. The summed E-state index contributed by atoms with van der Waals surface area (Å²) in [7, 11) is 0. The van der Waals surface area contributed by atoms with Crippen molar-refractivity contribution in [1.82, 2.24) is 4.57 Å². The average molecular weight is 420 g/mol. The molecular weight excluding hydrogens is 400 g/mol. The molecule has 0 saturated heterocycles. The molecule has 30 heavy (non-hydrogen) atoms. The molecule has 1 amide bonds. The normalized spacial score (nSPS) is 16.6. The SMILES string of the molecule is CCOc1ccc(N2CN=c3s/c(=C4\C(=O)Nc5ccc(C)cc54)c(=O)n3C2)cc1. The second-order valence-corrected chi connectivity index (χ2v) is 8.21. The zero-order chi connectivity index (χ0) is 20.8. The molecule has 8 heteroatoms. The largest absolute Gasteiger partial charge is 0.494 e. The van der Waals surface area contributed by atoms with Gasteiger partial charge in [0.2, 0.25) is 0 Å². The summed E-state index contributed by atoms with van der Waals surface area (Å²) >= 11 is 1.28. The smallest absolute Gasteiger partial charge is 0.272 e. The van der Waals surface area contributed by atoms with Gasteiger partial charge in [0.25, 0.3) is 11.5 Å². The van der Waals surface area contributed by atoms with Crippen LogP contribution < -0.4 is 29.8 Å². The number of nitrogens with one attached hydrogen (secondary N) is 1. The van der Waals surface area contributed by atoms with Crippen molar-refractivity contribution in [1.29, 1.82) is 0 Å². The van der Waals surface area contributed by atoms with E-state index in [0.717, 1.165) is 28.3 Å². The highest BCUT2D eigenvalue weighted by molar-refractivity contribution is 7.07. The van der Waals surface area contributed by atoms with Crippen molar-refractivity contribution in [2.45, 2.75) is 20.5 Å². The van der Waals surface area contributed by atoms with Crippen LogP contribution in [0.25, 0.3) is 5.57 Å². The zero-order valence-electron chi connectivity index (χ0n) is 16.6. The summed E-state index contributed by atoms with van der Waals surface area (Å²) < 4.78 is 7.56. The first-order valence-electron chi connectivity index (χ1n) is 9.74. The number of hydrogen-bond donors (Lipinski definition) is 1. The van der Waals surface area contributed by atoms with Crippen LogP contribution in [-0.2, 0) is 11.5 Å². The van der Waals surface area contributed by atoms with E-state index in [1.54, 1.807) is 4.57 Å². The number of rotatable bonds is 3. The maximum absolute atomic E-state index is 13.2. The molecule has 152 valence electrons. The third-order valence-corrected chi connectivity index (χ3v) is 6.33. The number of nitrogens with zero attached hydrogens (tertiary/aromatic N) is 3. The topological polar surface area (TPSA) is 75.9 Å². The number of anilines is 2. The van der Waals surface area contributed by atoms with Crippen molar-refractivity contribution in [3.8, 4) is 5.75 Å². The van der Waals surface area contributed by atoms with E-state index < -0.39 is 0 Å². The Hall–Kier alpha value is -3.39. The van der Waals surface area contributed by atoms with Gasteiger partial charge in [-0.2, -0.15) is 0 Å². The van der Waals surface area contributed by atoms with Gasteiger partial charge in [-0.3, -0.25) is 14.2 Å². The van der Waals surface area contributed by atoms with Crippen LogP contribution in [0.15, 0.2) is 52.3 Å². The minimum absolute atomic E-state index is 0.186. The van der Waals surface area contributed by atoms with Crippen molar-refractivity contribution in [3.05, 3.63) is 73.3 Å². The molecule has 1 N–H and O–H groups in total. The molecule has 2 aliphatic rings. The number of fused-ring (bicyclic) bond motifs is 2. The summed E-state index contributed by atoms with van der Waals surface area (Å²) in [5.41, 5.74) is 3.77. The summed E-state index contributed by atoms with van der Waals surface area (Å²) in [4.78, 5) is 33.1. The summed E-state index contributed by atoms with van der Waals surface area (Å²) in [5.74, 6) is 0.568. The molecule has 0 aliphatic carbocycles. The molecule has 3 heterocycles. The Morgan fingerprint density at radius 2 is 1.97 bits per heavy atom. The van der Waals surface area contributed by atoms with Gasteiger partial charge >= 0.3 is 0 Å². The van der Waals surface area contributed by atoms with Gasteiger partial charge in [0.05, 0.1) is 12.2 Å². The summed E-state index contributed by atoms with van der Waals surface area (Å²) in [6, 6.07) is 13.5. The Morgan fingerprint density at radius 3 is 2.73 bits per heavy atom. The van der Waals surface area contributed by atoms with Gasteiger partial charge in [0.1, 0.15) is 23.6 Å². The quantitative estimate of drug-likeness (QED) is 0.701. The second-order valence-electron chi connectivity index (χ2n) is 7.23. The highest BCUT2D eigenvalue weighted by Gasteiger charge is 2.28. The number of carbonyl (C=O) groups excluding carboxylic acids is 1. The second kappa shape index (κ2) is 7.14. The number of aryl methyl sites for hydroxylation is 1. The number of thiazole rings is 1. The molecule has 0 unspecified atom stereocenters. The molecule has 1 aromatic heterocycles. The molecule has 0 fully saturated rings. The van der Waals surface area contributed by atoms with Crippen LogP contribution >= 0.6 is 11.3 Å². The van der Waals surface area contributed by atoms with Crippen LogP contribution in [0.3, 0.4) is 0 Å². The lowest BCUT2D eigenvalue weighted by molar-refractivity contribution is -0.110. The van der Waals surface area contributed by atoms with Crippen molar-refractivity contribution < 1.29 is 9.53 Å². The maximum Gasteiger partial charge on any atom is 0.272 e. The first-order valence-corrected chi connectivity index (χ1v) is 10.6. The first kappa shape index (κ1) is 18.6. The lowest BCUT2D eigenvalue weighted by Gasteiger charge is -2.25. The number of carbonyl (C=O) groups is 1. The van der Waals surface area contributed by atoms with Crippen LogP contribution in [0.2, 0.25) is 0 Å². The van der Waals surface area contributed by atoms with Crippen molar-refractivity contribution >= 4 is 34.2 Å². The van der Waals surface area contributed by atoms with E-state index in [1.807, 2.05) is 61.2 Å². The standard InChI is InChI=1S/C22H20N4O3S/c1-3-29-15-7-5-14(6-8-15)25-11-23-22-26(12-25)21(28)19(30-22)18-16-10-13(2)4-9-17(16)24-20(18)27/h4-10H,3,11-12H2,1-2H3,(H,24,27)/b19-18-. The number of ether oxygens (including phenoxy) is 1. The molecular formula is C22H20N4O3S. The Morgan fingerprint density at radius 1 is 1.17 bits per heavy atom. The van der Waals surface area contributed by atoms with E-state index in [2.05, 4.69) is 10.3 Å². The highest BCUT2D eigenvalue weighted by Crippen LogP contribution is 2.30. The molecule has 2 aliphatic heterocycles. The molecule has 0 spiro atoms. The molecule has 7 nitrogen and oxygen atoms in total. The van der Waals surface area contributed by atoms with E-state index in [4.69, 9.17) is 4.74 Å². The van der Waals surface area contributed by atoms with Gasteiger partial charge in [-0.15, -0.1) is 0 Å². The van der Waals surface area contributed by atoms with Crippen molar-refractivity contribution in [2.24, 2.45) is 4.99 Å². The van der Waals surface area contributed by atoms with Crippen molar-refractivity contribution in [2.75, 3.05) is 23.5 Å². The summed E-state index contributed by atoms with van der Waals surface area (Å²) in [6.07, 6.45) is 0. The van der Waals surface area contributed by atoms with Crippen LogP contribution in [-0.4, -0.2) is 23.7 Å². The summed E-state index contributed by atoms with van der Waals surface area (Å²) in [6.45, 7) is 5.37. The third-order valence-electron chi connectivity index (χ3n) is 5.21. The van der Waals surface area contributed by atoms with Crippen molar-refractivity contribution in [3.63, 3.8) is 0 Å². The molecule has 2 aromatic carbocycles. The number of amides is 1. The van der Waals surface area contributed by atoms with Gasteiger partial charge in [-0.25, -0.2) is 4.99 Å². The summed E-state index contributed by atoms with van der Waals surface area (Å²) in [5, 5.41) is 2.86. The Bertz CT molecular complexity index is 1340. The highest BCUT2D eigenvalue weighted by atomic mass is 32.1. The van der Waals surface area contributed by atoms with Gasteiger partial charge < -0.3 is 15.0 Å². The zero-order valence-corrected chi connectivity index (χ0v) is 17.5. The molecule has 3 aromatic rings. The number of benzene rings is 2. The minimum Gasteiger partial charge on any atom is -0.494 e. The molecule has 5 rings (SSSR count). The number of aromatic nitrogens is 1.